The van der Waals surface area contributed by atoms with Crippen LogP contribution in [-0.4, -0.2) is 11.5 Å². The Morgan fingerprint density at radius 3 is 2.40 bits per heavy atom. The van der Waals surface area contributed by atoms with E-state index in [1.54, 1.807) is 0 Å². The van der Waals surface area contributed by atoms with Crippen LogP contribution in [0.3, 0.4) is 0 Å². The lowest BCUT2D eigenvalue weighted by Crippen LogP contribution is -2.11. The summed E-state index contributed by atoms with van der Waals surface area (Å²) in [6.07, 6.45) is 1.27. The first-order chi connectivity index (χ1) is 6.55. The molecule has 84 valence electrons. The fraction of sp³-hybridized carbons (Fsp3) is 0.364. The molecule has 0 bridgehead atoms. The smallest absolute Gasteiger partial charge is 0.113 e. The van der Waals surface area contributed by atoms with E-state index in [-0.39, 0.29) is 17.8 Å². The van der Waals surface area contributed by atoms with Gasteiger partial charge in [-0.05, 0) is 17.0 Å². The van der Waals surface area contributed by atoms with Crippen molar-refractivity contribution >= 4 is 24.4 Å². The van der Waals surface area contributed by atoms with Crippen molar-refractivity contribution in [3.05, 3.63) is 29.8 Å². The van der Waals surface area contributed by atoms with Crippen LogP contribution in [0.15, 0.2) is 29.3 Å². The molecule has 0 atom stereocenters. The lowest BCUT2D eigenvalue weighted by Gasteiger charge is -2.20. The molecule has 0 aliphatic rings. The minimum Gasteiger partial charge on any atom is -0.290 e. The maximum Gasteiger partial charge on any atom is 0.113 e. The molecular formula is C11H17ClN2O. The number of benzene rings is 1. The Kier molecular flexibility index (Phi) is 5.33. The zero-order valence-corrected chi connectivity index (χ0v) is 10.0. The second-order valence-corrected chi connectivity index (χ2v) is 4.15. The van der Waals surface area contributed by atoms with E-state index in [9.17, 15) is 0 Å². The predicted octanol–water partition coefficient (Wildman–Crippen LogP) is 3.04. The van der Waals surface area contributed by atoms with Crippen molar-refractivity contribution in [1.82, 2.24) is 5.48 Å². The summed E-state index contributed by atoms with van der Waals surface area (Å²) < 4.78 is 0. The Bertz CT molecular complexity index is 332. The summed E-state index contributed by atoms with van der Waals surface area (Å²) in [5.41, 5.74) is 4.00. The van der Waals surface area contributed by atoms with Gasteiger partial charge < -0.3 is 0 Å². The lowest BCUT2D eigenvalue weighted by molar-refractivity contribution is 0.240. The molecule has 0 aliphatic heterocycles. The van der Waals surface area contributed by atoms with Crippen LogP contribution in [0, 0.1) is 0 Å². The number of nitrogens with zero attached hydrogens (tertiary/aromatic N) is 1. The highest BCUT2D eigenvalue weighted by atomic mass is 35.5. The summed E-state index contributed by atoms with van der Waals surface area (Å²) in [6.45, 7) is 6.40. The zero-order chi connectivity index (χ0) is 10.6. The number of hydrogen-bond donors (Lipinski definition) is 2. The normalized spacial score (nSPS) is 11.2. The van der Waals surface area contributed by atoms with Gasteiger partial charge in [0, 0.05) is 0 Å². The van der Waals surface area contributed by atoms with Gasteiger partial charge in [0.1, 0.15) is 6.34 Å². The molecule has 0 aromatic heterocycles. The molecule has 0 radical (unpaired) electrons. The van der Waals surface area contributed by atoms with Crippen LogP contribution >= 0.6 is 12.4 Å². The molecule has 0 saturated carbocycles. The van der Waals surface area contributed by atoms with Crippen molar-refractivity contribution in [2.24, 2.45) is 4.99 Å². The Morgan fingerprint density at radius 2 is 1.87 bits per heavy atom. The molecule has 4 heteroatoms. The largest absolute Gasteiger partial charge is 0.290 e. The lowest BCUT2D eigenvalue weighted by atomic mass is 9.86. The number of hydrogen-bond acceptors (Lipinski definition) is 2. The number of halogens is 1. The van der Waals surface area contributed by atoms with Crippen molar-refractivity contribution in [2.75, 3.05) is 0 Å². The van der Waals surface area contributed by atoms with Gasteiger partial charge in [0.25, 0.3) is 0 Å². The number of para-hydroxylation sites is 1. The van der Waals surface area contributed by atoms with Gasteiger partial charge in [-0.2, -0.15) is 0 Å². The average Bonchev–Trinajstić information content (AvgIpc) is 2.14. The summed E-state index contributed by atoms with van der Waals surface area (Å²) in [5, 5.41) is 8.42. The molecule has 0 saturated heterocycles. The zero-order valence-electron chi connectivity index (χ0n) is 9.19. The van der Waals surface area contributed by atoms with Crippen molar-refractivity contribution in [3.8, 4) is 0 Å². The fourth-order valence-corrected chi connectivity index (χ4v) is 1.32. The van der Waals surface area contributed by atoms with Crippen LogP contribution in [0.1, 0.15) is 26.3 Å². The minimum absolute atomic E-state index is 0. The van der Waals surface area contributed by atoms with Crippen LogP contribution in [0.5, 0.6) is 0 Å². The van der Waals surface area contributed by atoms with Crippen LogP contribution in [-0.2, 0) is 5.41 Å². The van der Waals surface area contributed by atoms with Crippen molar-refractivity contribution in [2.45, 2.75) is 26.2 Å². The monoisotopic (exact) mass is 228 g/mol. The van der Waals surface area contributed by atoms with Gasteiger partial charge in [-0.25, -0.2) is 4.99 Å². The Morgan fingerprint density at radius 1 is 1.27 bits per heavy atom. The highest BCUT2D eigenvalue weighted by Gasteiger charge is 2.16. The molecule has 0 amide bonds. The van der Waals surface area contributed by atoms with E-state index in [4.69, 9.17) is 5.21 Å². The van der Waals surface area contributed by atoms with Crippen LogP contribution in [0.4, 0.5) is 5.69 Å². The minimum atomic E-state index is 0. The Balaban J connectivity index is 0.00000196. The van der Waals surface area contributed by atoms with E-state index in [2.05, 4.69) is 25.8 Å². The van der Waals surface area contributed by atoms with Gasteiger partial charge in [0.05, 0.1) is 5.69 Å². The van der Waals surface area contributed by atoms with E-state index in [1.807, 2.05) is 29.7 Å². The summed E-state index contributed by atoms with van der Waals surface area (Å²) in [4.78, 5) is 4.11. The quantitative estimate of drug-likeness (QED) is 0.464. The Labute approximate surface area is 96.6 Å². The standard InChI is InChI=1S/C11H16N2O.ClH/c1-11(2,3)9-6-4-5-7-10(9)12-8-13-14;/h4-8,14H,1-3H3,(H,12,13);1H. The number of hydroxylamine groups is 1. The van der Waals surface area contributed by atoms with Gasteiger partial charge in [-0.15, -0.1) is 12.4 Å². The first-order valence-electron chi connectivity index (χ1n) is 4.57. The topological polar surface area (TPSA) is 44.6 Å². The molecule has 0 spiro atoms. The van der Waals surface area contributed by atoms with E-state index < -0.39 is 0 Å². The third kappa shape index (κ3) is 3.90. The van der Waals surface area contributed by atoms with Gasteiger partial charge >= 0.3 is 0 Å². The number of aliphatic imine (C=N–C) groups is 1. The Hall–Kier alpha value is -1.06. The summed E-state index contributed by atoms with van der Waals surface area (Å²) in [5.74, 6) is 0. The SMILES string of the molecule is CC(C)(C)c1ccccc1N=CNO.Cl. The van der Waals surface area contributed by atoms with Crippen molar-refractivity contribution < 1.29 is 5.21 Å². The van der Waals surface area contributed by atoms with Gasteiger partial charge in [0.2, 0.25) is 0 Å². The molecule has 1 rings (SSSR count). The highest BCUT2D eigenvalue weighted by Crippen LogP contribution is 2.30. The van der Waals surface area contributed by atoms with Gasteiger partial charge in [0.15, 0.2) is 0 Å². The molecule has 0 unspecified atom stereocenters. The van der Waals surface area contributed by atoms with Crippen LogP contribution < -0.4 is 5.48 Å². The molecule has 0 heterocycles. The molecule has 0 aliphatic carbocycles. The second kappa shape index (κ2) is 5.73. The molecule has 2 N–H and O–H groups in total. The third-order valence-corrected chi connectivity index (χ3v) is 1.97. The predicted molar refractivity (Wildman–Crippen MR) is 65.5 cm³/mol. The average molecular weight is 229 g/mol. The van der Waals surface area contributed by atoms with Gasteiger partial charge in [-0.1, -0.05) is 39.0 Å². The van der Waals surface area contributed by atoms with Crippen LogP contribution in [0.2, 0.25) is 0 Å². The second-order valence-electron chi connectivity index (χ2n) is 4.15. The summed E-state index contributed by atoms with van der Waals surface area (Å²) in [6, 6.07) is 7.89. The van der Waals surface area contributed by atoms with Crippen molar-refractivity contribution in [1.29, 1.82) is 0 Å². The molecule has 0 fully saturated rings. The summed E-state index contributed by atoms with van der Waals surface area (Å²) >= 11 is 0. The molecular weight excluding hydrogens is 212 g/mol. The highest BCUT2D eigenvalue weighted by molar-refractivity contribution is 5.85. The molecule has 3 nitrogen and oxygen atoms in total. The number of rotatable bonds is 2. The van der Waals surface area contributed by atoms with E-state index in [0.717, 1.165) is 11.3 Å². The van der Waals surface area contributed by atoms with E-state index in [1.165, 1.54) is 6.34 Å². The first-order valence-corrected chi connectivity index (χ1v) is 4.57. The fourth-order valence-electron chi connectivity index (χ4n) is 1.32. The molecule has 1 aromatic rings. The third-order valence-electron chi connectivity index (χ3n) is 1.97. The summed E-state index contributed by atoms with van der Waals surface area (Å²) in [7, 11) is 0. The molecule has 15 heavy (non-hydrogen) atoms. The molecule has 1 aromatic carbocycles. The van der Waals surface area contributed by atoms with Gasteiger partial charge in [-0.3, -0.25) is 10.7 Å². The first kappa shape index (κ1) is 13.9. The van der Waals surface area contributed by atoms with E-state index >= 15 is 0 Å². The number of nitrogens with one attached hydrogen (secondary N) is 1. The van der Waals surface area contributed by atoms with Crippen molar-refractivity contribution in [3.63, 3.8) is 0 Å². The van der Waals surface area contributed by atoms with Crippen LogP contribution in [0.25, 0.3) is 0 Å². The maximum absolute atomic E-state index is 8.42. The maximum atomic E-state index is 8.42. The van der Waals surface area contributed by atoms with E-state index in [0.29, 0.717) is 0 Å².